The van der Waals surface area contributed by atoms with Crippen molar-refractivity contribution in [3.8, 4) is 11.5 Å². The van der Waals surface area contributed by atoms with E-state index in [4.69, 9.17) is 9.47 Å². The minimum atomic E-state index is -0.250. The van der Waals surface area contributed by atoms with Crippen LogP contribution in [0, 0.1) is 0 Å². The van der Waals surface area contributed by atoms with Gasteiger partial charge in [-0.25, -0.2) is 5.43 Å². The molecule has 0 unspecified atom stereocenters. The van der Waals surface area contributed by atoms with Crippen LogP contribution in [-0.4, -0.2) is 36.8 Å². The van der Waals surface area contributed by atoms with E-state index in [0.717, 1.165) is 29.4 Å². The molecule has 19 heavy (non-hydrogen) atoms. The van der Waals surface area contributed by atoms with E-state index in [9.17, 15) is 4.79 Å². The Morgan fingerprint density at radius 2 is 2.11 bits per heavy atom. The lowest BCUT2D eigenvalue weighted by atomic mass is 10.3. The Hall–Kier alpha value is -1.69. The topological polar surface area (TPSA) is 59.9 Å². The molecule has 1 aliphatic rings. The number of methoxy groups -OCH3 is 1. The molecular formula is C13H16N2O3S. The highest BCUT2D eigenvalue weighted by Gasteiger charge is 2.09. The number of hydrogen-bond donors (Lipinski definition) is 1. The van der Waals surface area contributed by atoms with E-state index in [0.29, 0.717) is 5.75 Å². The zero-order valence-electron chi connectivity index (χ0n) is 10.7. The molecule has 1 fully saturated rings. The van der Waals surface area contributed by atoms with Crippen molar-refractivity contribution in [2.75, 3.05) is 25.2 Å². The monoisotopic (exact) mass is 280 g/mol. The van der Waals surface area contributed by atoms with E-state index in [-0.39, 0.29) is 12.5 Å². The number of amides is 1. The second-order valence-corrected chi connectivity index (χ2v) is 5.08. The molecule has 1 aromatic rings. The number of nitrogens with one attached hydrogen (secondary N) is 1. The van der Waals surface area contributed by atoms with Crippen molar-refractivity contribution in [3.63, 3.8) is 0 Å². The van der Waals surface area contributed by atoms with E-state index in [2.05, 4.69) is 10.5 Å². The number of nitrogens with zero attached hydrogens (tertiary/aromatic N) is 1. The lowest BCUT2D eigenvalue weighted by Crippen LogP contribution is -2.25. The number of benzene rings is 1. The highest BCUT2D eigenvalue weighted by molar-refractivity contribution is 8.00. The fourth-order valence-corrected chi connectivity index (χ4v) is 2.50. The van der Waals surface area contributed by atoms with E-state index in [1.54, 1.807) is 31.4 Å². The predicted molar refractivity (Wildman–Crippen MR) is 76.0 cm³/mol. The summed E-state index contributed by atoms with van der Waals surface area (Å²) in [4.78, 5) is 11.5. The molecule has 1 N–H and O–H groups in total. The van der Waals surface area contributed by atoms with Gasteiger partial charge in [-0.05, 0) is 36.4 Å². The largest absolute Gasteiger partial charge is 0.497 e. The van der Waals surface area contributed by atoms with Gasteiger partial charge in [-0.15, -0.1) is 0 Å². The van der Waals surface area contributed by atoms with E-state index >= 15 is 0 Å². The summed E-state index contributed by atoms with van der Waals surface area (Å²) >= 11 is 1.82. The van der Waals surface area contributed by atoms with Crippen LogP contribution in [0.1, 0.15) is 6.42 Å². The van der Waals surface area contributed by atoms with Gasteiger partial charge in [0.25, 0.3) is 5.91 Å². The summed E-state index contributed by atoms with van der Waals surface area (Å²) in [5.41, 5.74) is 3.53. The summed E-state index contributed by atoms with van der Waals surface area (Å²) in [6.45, 7) is -0.0454. The number of thioether (sulfide) groups is 1. The second kappa shape index (κ2) is 7.04. The maximum atomic E-state index is 11.5. The van der Waals surface area contributed by atoms with Crippen molar-refractivity contribution >= 4 is 23.4 Å². The first-order valence-electron chi connectivity index (χ1n) is 5.97. The van der Waals surface area contributed by atoms with Gasteiger partial charge < -0.3 is 9.47 Å². The summed E-state index contributed by atoms with van der Waals surface area (Å²) in [6, 6.07) is 7.07. The average Bonchev–Trinajstić information content (AvgIpc) is 2.96. The lowest BCUT2D eigenvalue weighted by Gasteiger charge is -2.06. The molecule has 1 aliphatic heterocycles. The molecule has 2 rings (SSSR count). The molecule has 0 radical (unpaired) electrons. The van der Waals surface area contributed by atoms with Crippen LogP contribution in [0.5, 0.6) is 11.5 Å². The Labute approximate surface area is 116 Å². The fourth-order valence-electron chi connectivity index (χ4n) is 1.53. The van der Waals surface area contributed by atoms with Crippen molar-refractivity contribution in [2.45, 2.75) is 6.42 Å². The van der Waals surface area contributed by atoms with Crippen LogP contribution in [0.15, 0.2) is 29.4 Å². The average molecular weight is 280 g/mol. The Morgan fingerprint density at radius 1 is 1.37 bits per heavy atom. The number of carbonyl (C=O) groups excluding carboxylic acids is 1. The Kier molecular flexibility index (Phi) is 5.09. The molecule has 5 nitrogen and oxygen atoms in total. The number of rotatable bonds is 5. The first-order valence-corrected chi connectivity index (χ1v) is 7.12. The smallest absolute Gasteiger partial charge is 0.277 e. The third-order valence-electron chi connectivity index (χ3n) is 2.57. The van der Waals surface area contributed by atoms with Crippen molar-refractivity contribution in [3.05, 3.63) is 24.3 Å². The summed E-state index contributed by atoms with van der Waals surface area (Å²) in [5, 5.41) is 4.06. The standard InChI is InChI=1S/C13H16N2O3S/c1-17-11-2-4-12(5-3-11)18-8-13(16)15-14-10-6-7-19-9-10/h2-5H,6-9H2,1H3,(H,15,16). The first-order chi connectivity index (χ1) is 9.28. The van der Waals surface area contributed by atoms with Gasteiger partial charge in [0, 0.05) is 11.5 Å². The third kappa shape index (κ3) is 4.48. The van der Waals surface area contributed by atoms with Crippen LogP contribution in [-0.2, 0) is 4.79 Å². The maximum Gasteiger partial charge on any atom is 0.277 e. The Balaban J connectivity index is 1.74. The van der Waals surface area contributed by atoms with E-state index in [1.807, 2.05) is 11.8 Å². The molecule has 0 spiro atoms. The van der Waals surface area contributed by atoms with Crippen LogP contribution in [0.4, 0.5) is 0 Å². The minimum Gasteiger partial charge on any atom is -0.497 e. The van der Waals surface area contributed by atoms with Crippen LogP contribution < -0.4 is 14.9 Å². The zero-order chi connectivity index (χ0) is 13.5. The molecule has 1 amide bonds. The van der Waals surface area contributed by atoms with E-state index < -0.39 is 0 Å². The number of hydrazone groups is 1. The molecule has 0 saturated carbocycles. The normalized spacial score (nSPS) is 16.4. The SMILES string of the molecule is COc1ccc(OCC(=O)NN=C2CCSC2)cc1. The highest BCUT2D eigenvalue weighted by atomic mass is 32.2. The fraction of sp³-hybridized carbons (Fsp3) is 0.385. The number of ether oxygens (including phenoxy) is 2. The van der Waals surface area contributed by atoms with Crippen LogP contribution in [0.3, 0.4) is 0 Å². The lowest BCUT2D eigenvalue weighted by molar-refractivity contribution is -0.123. The molecule has 1 saturated heterocycles. The maximum absolute atomic E-state index is 11.5. The van der Waals surface area contributed by atoms with Crippen molar-refractivity contribution < 1.29 is 14.3 Å². The van der Waals surface area contributed by atoms with Gasteiger partial charge >= 0.3 is 0 Å². The summed E-state index contributed by atoms with van der Waals surface area (Å²) in [6.07, 6.45) is 0.949. The van der Waals surface area contributed by atoms with Gasteiger partial charge in [0.1, 0.15) is 11.5 Å². The third-order valence-corrected chi connectivity index (χ3v) is 3.60. The molecule has 0 aromatic heterocycles. The quantitative estimate of drug-likeness (QED) is 0.834. The molecular weight excluding hydrogens is 264 g/mol. The van der Waals surface area contributed by atoms with Crippen LogP contribution in [0.2, 0.25) is 0 Å². The van der Waals surface area contributed by atoms with Gasteiger partial charge in [0.15, 0.2) is 6.61 Å². The minimum absolute atomic E-state index is 0.0454. The van der Waals surface area contributed by atoms with Crippen molar-refractivity contribution in [1.29, 1.82) is 0 Å². The van der Waals surface area contributed by atoms with E-state index in [1.165, 1.54) is 0 Å². The molecule has 0 aliphatic carbocycles. The van der Waals surface area contributed by atoms with Gasteiger partial charge in [-0.2, -0.15) is 16.9 Å². The molecule has 0 bridgehead atoms. The summed E-state index contributed by atoms with van der Waals surface area (Å²) in [5.74, 6) is 3.11. The Morgan fingerprint density at radius 3 is 2.74 bits per heavy atom. The summed E-state index contributed by atoms with van der Waals surface area (Å²) < 4.78 is 10.4. The van der Waals surface area contributed by atoms with Crippen LogP contribution in [0.25, 0.3) is 0 Å². The van der Waals surface area contributed by atoms with Crippen LogP contribution >= 0.6 is 11.8 Å². The molecule has 102 valence electrons. The second-order valence-electron chi connectivity index (χ2n) is 3.98. The molecule has 1 aromatic carbocycles. The highest BCUT2D eigenvalue weighted by Crippen LogP contribution is 2.16. The number of carbonyl (C=O) groups is 1. The zero-order valence-corrected chi connectivity index (χ0v) is 11.5. The Bertz CT molecular complexity index is 451. The predicted octanol–water partition coefficient (Wildman–Crippen LogP) is 1.68. The first kappa shape index (κ1) is 13.7. The van der Waals surface area contributed by atoms with Gasteiger partial charge in [0.2, 0.25) is 0 Å². The van der Waals surface area contributed by atoms with Gasteiger partial charge in [-0.1, -0.05) is 0 Å². The summed E-state index contributed by atoms with van der Waals surface area (Å²) in [7, 11) is 1.60. The van der Waals surface area contributed by atoms with Crippen molar-refractivity contribution in [1.82, 2.24) is 5.43 Å². The van der Waals surface area contributed by atoms with Gasteiger partial charge in [-0.3, -0.25) is 4.79 Å². The molecule has 1 heterocycles. The number of hydrogen-bond acceptors (Lipinski definition) is 5. The van der Waals surface area contributed by atoms with Gasteiger partial charge in [0.05, 0.1) is 7.11 Å². The van der Waals surface area contributed by atoms with Crippen molar-refractivity contribution in [2.24, 2.45) is 5.10 Å². The molecule has 0 atom stereocenters. The molecule has 6 heteroatoms.